The Labute approximate surface area is 189 Å². The highest BCUT2D eigenvalue weighted by molar-refractivity contribution is 5.60. The monoisotopic (exact) mass is 423 g/mol. The van der Waals surface area contributed by atoms with Crippen LogP contribution in [0.1, 0.15) is 96.1 Å². The van der Waals surface area contributed by atoms with E-state index in [1.54, 1.807) is 6.07 Å². The van der Waals surface area contributed by atoms with Gasteiger partial charge in [0.05, 0.1) is 5.69 Å². The molecule has 0 bridgehead atoms. The lowest BCUT2D eigenvalue weighted by Gasteiger charge is -2.37. The SMILES string of the molecule is CCCc1ccc(-c2ccc(CC[C@@H]3CCCC[C@H]3C(CCC)CCC)cc2F)nc1. The molecule has 0 N–H and O–H groups in total. The summed E-state index contributed by atoms with van der Waals surface area (Å²) in [7, 11) is 0. The molecule has 2 aromatic rings. The largest absolute Gasteiger partial charge is 0.256 e. The molecule has 1 aromatic heterocycles. The first-order valence-corrected chi connectivity index (χ1v) is 12.9. The van der Waals surface area contributed by atoms with E-state index in [1.165, 1.54) is 63.4 Å². The van der Waals surface area contributed by atoms with Gasteiger partial charge in [-0.05, 0) is 72.8 Å². The Kier molecular flexibility index (Phi) is 9.55. The maximum Gasteiger partial charge on any atom is 0.132 e. The minimum absolute atomic E-state index is 0.136. The summed E-state index contributed by atoms with van der Waals surface area (Å²) in [5.41, 5.74) is 3.71. The van der Waals surface area contributed by atoms with Gasteiger partial charge in [0.2, 0.25) is 0 Å². The number of nitrogens with zero attached hydrogens (tertiary/aromatic N) is 1. The van der Waals surface area contributed by atoms with Gasteiger partial charge in [0, 0.05) is 11.8 Å². The van der Waals surface area contributed by atoms with Gasteiger partial charge in [-0.2, -0.15) is 0 Å². The molecule has 0 saturated heterocycles. The number of halogens is 1. The lowest BCUT2D eigenvalue weighted by molar-refractivity contribution is 0.136. The summed E-state index contributed by atoms with van der Waals surface area (Å²) >= 11 is 0. The molecule has 170 valence electrons. The molecule has 0 amide bonds. The quantitative estimate of drug-likeness (QED) is 0.352. The number of benzene rings is 1. The van der Waals surface area contributed by atoms with Crippen molar-refractivity contribution in [3.8, 4) is 11.3 Å². The molecule has 0 unspecified atom stereocenters. The van der Waals surface area contributed by atoms with E-state index in [2.05, 4.69) is 37.9 Å². The van der Waals surface area contributed by atoms with Crippen molar-refractivity contribution in [3.05, 3.63) is 53.5 Å². The van der Waals surface area contributed by atoms with Crippen LogP contribution in [-0.4, -0.2) is 4.98 Å². The third-order valence-electron chi connectivity index (χ3n) is 7.37. The highest BCUT2D eigenvalue weighted by Gasteiger charge is 2.30. The second-order valence-corrected chi connectivity index (χ2v) is 9.70. The number of hydrogen-bond acceptors (Lipinski definition) is 1. The fourth-order valence-electron chi connectivity index (χ4n) is 5.82. The fraction of sp³-hybridized carbons (Fsp3) is 0.621. The Bertz CT molecular complexity index is 776. The van der Waals surface area contributed by atoms with Crippen LogP contribution in [0.2, 0.25) is 0 Å². The zero-order chi connectivity index (χ0) is 22.1. The van der Waals surface area contributed by atoms with Gasteiger partial charge in [0.15, 0.2) is 0 Å². The summed E-state index contributed by atoms with van der Waals surface area (Å²) in [5, 5.41) is 0. The third kappa shape index (κ3) is 6.64. The van der Waals surface area contributed by atoms with Crippen LogP contribution < -0.4 is 0 Å². The van der Waals surface area contributed by atoms with Crippen LogP contribution in [0.5, 0.6) is 0 Å². The summed E-state index contributed by atoms with van der Waals surface area (Å²) in [6.07, 6.45) is 17.1. The minimum atomic E-state index is -0.136. The number of aromatic nitrogens is 1. The highest BCUT2D eigenvalue weighted by atomic mass is 19.1. The van der Waals surface area contributed by atoms with Crippen molar-refractivity contribution in [1.82, 2.24) is 4.98 Å². The van der Waals surface area contributed by atoms with E-state index in [9.17, 15) is 4.39 Å². The van der Waals surface area contributed by atoms with E-state index in [0.29, 0.717) is 5.56 Å². The maximum absolute atomic E-state index is 14.9. The first kappa shape index (κ1) is 24.0. The lowest BCUT2D eigenvalue weighted by Crippen LogP contribution is -2.27. The Morgan fingerprint density at radius 3 is 2.29 bits per heavy atom. The second kappa shape index (κ2) is 12.4. The van der Waals surface area contributed by atoms with E-state index < -0.39 is 0 Å². The van der Waals surface area contributed by atoms with Gasteiger partial charge in [0.25, 0.3) is 0 Å². The number of rotatable bonds is 11. The van der Waals surface area contributed by atoms with Crippen LogP contribution in [0.3, 0.4) is 0 Å². The summed E-state index contributed by atoms with van der Waals surface area (Å²) < 4.78 is 14.9. The fourth-order valence-corrected chi connectivity index (χ4v) is 5.82. The third-order valence-corrected chi connectivity index (χ3v) is 7.37. The van der Waals surface area contributed by atoms with Gasteiger partial charge < -0.3 is 0 Å². The average molecular weight is 424 g/mol. The second-order valence-electron chi connectivity index (χ2n) is 9.70. The Hall–Kier alpha value is -1.70. The van der Waals surface area contributed by atoms with Crippen molar-refractivity contribution in [1.29, 1.82) is 0 Å². The Morgan fingerprint density at radius 2 is 1.65 bits per heavy atom. The van der Waals surface area contributed by atoms with Gasteiger partial charge in [-0.3, -0.25) is 4.98 Å². The van der Waals surface area contributed by atoms with Gasteiger partial charge in [-0.1, -0.05) is 84.3 Å². The van der Waals surface area contributed by atoms with Crippen molar-refractivity contribution in [2.24, 2.45) is 17.8 Å². The predicted molar refractivity (Wildman–Crippen MR) is 131 cm³/mol. The van der Waals surface area contributed by atoms with E-state index >= 15 is 0 Å². The molecule has 1 heterocycles. The minimum Gasteiger partial charge on any atom is -0.256 e. The molecular weight excluding hydrogens is 381 g/mol. The molecule has 0 radical (unpaired) electrons. The molecule has 31 heavy (non-hydrogen) atoms. The van der Waals surface area contributed by atoms with Crippen molar-refractivity contribution in [2.75, 3.05) is 0 Å². The molecular formula is C29H42FN. The van der Waals surface area contributed by atoms with E-state index in [0.717, 1.165) is 48.3 Å². The van der Waals surface area contributed by atoms with Crippen LogP contribution in [0.25, 0.3) is 11.3 Å². The average Bonchev–Trinajstić information content (AvgIpc) is 2.79. The van der Waals surface area contributed by atoms with E-state index in [-0.39, 0.29) is 5.82 Å². The Balaban J connectivity index is 1.64. The summed E-state index contributed by atoms with van der Waals surface area (Å²) in [4.78, 5) is 4.50. The molecule has 0 spiro atoms. The molecule has 2 atom stereocenters. The zero-order valence-corrected chi connectivity index (χ0v) is 20.0. The summed E-state index contributed by atoms with van der Waals surface area (Å²) in [6, 6.07) is 9.84. The molecule has 1 aliphatic rings. The molecule has 1 aliphatic carbocycles. The van der Waals surface area contributed by atoms with Crippen LogP contribution in [0.15, 0.2) is 36.5 Å². The van der Waals surface area contributed by atoms with E-state index in [4.69, 9.17) is 0 Å². The number of hydrogen-bond donors (Lipinski definition) is 0. The standard InChI is InChI=1S/C29H42FN/c1-4-9-23-16-19-29(31-21-23)27-18-15-22(20-28(27)30)14-17-25-12-7-8-13-26(25)24(10-5-2)11-6-3/h15-16,18-21,24-26H,4-14,17H2,1-3H3/t25-,26-/m0/s1. The number of aryl methyl sites for hydroxylation is 2. The van der Waals surface area contributed by atoms with Gasteiger partial charge in [-0.25, -0.2) is 4.39 Å². The molecule has 3 rings (SSSR count). The van der Waals surface area contributed by atoms with Gasteiger partial charge >= 0.3 is 0 Å². The highest BCUT2D eigenvalue weighted by Crippen LogP contribution is 2.41. The van der Waals surface area contributed by atoms with Crippen molar-refractivity contribution < 1.29 is 4.39 Å². The van der Waals surface area contributed by atoms with Crippen molar-refractivity contribution in [2.45, 2.75) is 97.8 Å². The first-order valence-electron chi connectivity index (χ1n) is 12.9. The molecule has 1 saturated carbocycles. The smallest absolute Gasteiger partial charge is 0.132 e. The van der Waals surface area contributed by atoms with Crippen LogP contribution in [-0.2, 0) is 12.8 Å². The molecule has 1 aromatic carbocycles. The van der Waals surface area contributed by atoms with Crippen molar-refractivity contribution in [3.63, 3.8) is 0 Å². The normalized spacial score (nSPS) is 19.1. The topological polar surface area (TPSA) is 12.9 Å². The van der Waals surface area contributed by atoms with Crippen molar-refractivity contribution >= 4 is 0 Å². The van der Waals surface area contributed by atoms with Gasteiger partial charge in [-0.15, -0.1) is 0 Å². The van der Waals surface area contributed by atoms with Crippen LogP contribution in [0, 0.1) is 23.6 Å². The molecule has 1 nitrogen and oxygen atoms in total. The van der Waals surface area contributed by atoms with Gasteiger partial charge in [0.1, 0.15) is 5.82 Å². The molecule has 0 aliphatic heterocycles. The lowest BCUT2D eigenvalue weighted by atomic mass is 9.68. The molecule has 1 fully saturated rings. The number of pyridine rings is 1. The van der Waals surface area contributed by atoms with Crippen LogP contribution in [0.4, 0.5) is 4.39 Å². The van der Waals surface area contributed by atoms with Crippen LogP contribution >= 0.6 is 0 Å². The Morgan fingerprint density at radius 1 is 0.903 bits per heavy atom. The predicted octanol–water partition coefficient (Wildman–Crippen LogP) is 8.80. The van der Waals surface area contributed by atoms with E-state index in [1.807, 2.05) is 18.3 Å². The maximum atomic E-state index is 14.9. The summed E-state index contributed by atoms with van der Waals surface area (Å²) in [6.45, 7) is 6.82. The first-order chi connectivity index (χ1) is 15.2. The summed E-state index contributed by atoms with van der Waals surface area (Å²) in [5.74, 6) is 2.44. The molecule has 2 heteroatoms. The zero-order valence-electron chi connectivity index (χ0n) is 20.0.